The first-order chi connectivity index (χ1) is 14.1. The summed E-state index contributed by atoms with van der Waals surface area (Å²) < 4.78 is 7.39. The molecule has 0 saturated carbocycles. The summed E-state index contributed by atoms with van der Waals surface area (Å²) in [6.45, 7) is 6.51. The van der Waals surface area contributed by atoms with Gasteiger partial charge in [0.25, 0.3) is 0 Å². The lowest BCUT2D eigenvalue weighted by Gasteiger charge is -2.13. The number of anilines is 1. The quantitative estimate of drug-likeness (QED) is 0.449. The van der Waals surface area contributed by atoms with Crippen LogP contribution in [0.1, 0.15) is 19.6 Å². The molecule has 0 fully saturated rings. The summed E-state index contributed by atoms with van der Waals surface area (Å²) in [5.41, 5.74) is 1.70. The van der Waals surface area contributed by atoms with E-state index < -0.39 is 0 Å². The van der Waals surface area contributed by atoms with Crippen molar-refractivity contribution in [2.45, 2.75) is 37.7 Å². The highest BCUT2D eigenvalue weighted by Crippen LogP contribution is 2.29. The van der Waals surface area contributed by atoms with Crippen molar-refractivity contribution < 1.29 is 9.21 Å². The zero-order valence-corrected chi connectivity index (χ0v) is 17.4. The van der Waals surface area contributed by atoms with Crippen LogP contribution in [-0.4, -0.2) is 25.9 Å². The van der Waals surface area contributed by atoms with E-state index in [1.54, 1.807) is 6.26 Å². The number of fused-ring (bicyclic) bond motifs is 1. The molecule has 1 amide bonds. The number of aromatic nitrogens is 3. The van der Waals surface area contributed by atoms with Crippen molar-refractivity contribution in [1.82, 2.24) is 14.8 Å². The van der Waals surface area contributed by atoms with Crippen molar-refractivity contribution in [1.29, 1.82) is 0 Å². The average Bonchev–Trinajstić information content (AvgIpc) is 3.33. The van der Waals surface area contributed by atoms with E-state index in [0.29, 0.717) is 11.7 Å². The van der Waals surface area contributed by atoms with Crippen molar-refractivity contribution in [3.63, 3.8) is 0 Å². The number of amides is 1. The predicted molar refractivity (Wildman–Crippen MR) is 116 cm³/mol. The lowest BCUT2D eigenvalue weighted by atomic mass is 10.1. The Morgan fingerprint density at radius 1 is 1.17 bits per heavy atom. The van der Waals surface area contributed by atoms with Gasteiger partial charge in [0.1, 0.15) is 5.76 Å². The third-order valence-corrected chi connectivity index (χ3v) is 5.88. The highest BCUT2D eigenvalue weighted by molar-refractivity contribution is 8.00. The van der Waals surface area contributed by atoms with E-state index >= 15 is 0 Å². The number of hydrogen-bond donors (Lipinski definition) is 1. The van der Waals surface area contributed by atoms with Gasteiger partial charge in [-0.25, -0.2) is 0 Å². The maximum absolute atomic E-state index is 12.7. The second kappa shape index (κ2) is 8.13. The molecule has 1 N–H and O–H groups in total. The average molecular weight is 407 g/mol. The van der Waals surface area contributed by atoms with Crippen molar-refractivity contribution in [2.75, 3.05) is 5.32 Å². The molecule has 0 spiro atoms. The largest absolute Gasteiger partial charge is 0.469 e. The lowest BCUT2D eigenvalue weighted by molar-refractivity contribution is -0.115. The highest BCUT2D eigenvalue weighted by atomic mass is 32.2. The Labute approximate surface area is 173 Å². The van der Waals surface area contributed by atoms with Gasteiger partial charge in [-0.2, -0.15) is 0 Å². The molecule has 2 heterocycles. The topological polar surface area (TPSA) is 73.0 Å². The van der Waals surface area contributed by atoms with E-state index in [-0.39, 0.29) is 11.2 Å². The van der Waals surface area contributed by atoms with Gasteiger partial charge in [0.2, 0.25) is 5.91 Å². The third kappa shape index (κ3) is 3.91. The number of hydrogen-bond acceptors (Lipinski definition) is 5. The molecule has 0 saturated heterocycles. The molecule has 0 aliphatic heterocycles. The van der Waals surface area contributed by atoms with Crippen LogP contribution in [0.15, 0.2) is 64.4 Å². The summed E-state index contributed by atoms with van der Waals surface area (Å²) in [5, 5.41) is 14.3. The van der Waals surface area contributed by atoms with Crippen molar-refractivity contribution in [2.24, 2.45) is 0 Å². The molecule has 2 aromatic carbocycles. The number of nitrogens with one attached hydrogen (secondary N) is 1. The van der Waals surface area contributed by atoms with E-state index in [1.165, 1.54) is 11.8 Å². The zero-order valence-electron chi connectivity index (χ0n) is 16.5. The van der Waals surface area contributed by atoms with Crippen molar-refractivity contribution in [3.05, 3.63) is 60.6 Å². The van der Waals surface area contributed by atoms with Gasteiger partial charge < -0.3 is 14.3 Å². The van der Waals surface area contributed by atoms with Crippen LogP contribution in [0.3, 0.4) is 0 Å². The van der Waals surface area contributed by atoms with Crippen LogP contribution in [0, 0.1) is 6.92 Å². The van der Waals surface area contributed by atoms with Crippen LogP contribution < -0.4 is 5.32 Å². The monoisotopic (exact) mass is 406 g/mol. The van der Waals surface area contributed by atoms with Crippen LogP contribution in [0.5, 0.6) is 0 Å². The molecule has 148 valence electrons. The van der Waals surface area contributed by atoms with Crippen LogP contribution in [0.4, 0.5) is 5.69 Å². The fourth-order valence-corrected chi connectivity index (χ4v) is 4.11. The molecule has 4 aromatic rings. The van der Waals surface area contributed by atoms with E-state index in [2.05, 4.69) is 21.6 Å². The molecule has 7 heteroatoms. The number of nitrogens with zero attached hydrogens (tertiary/aromatic N) is 3. The molecule has 1 atom stereocenters. The Kier molecular flexibility index (Phi) is 5.40. The summed E-state index contributed by atoms with van der Waals surface area (Å²) >= 11 is 1.40. The molecular weight excluding hydrogens is 384 g/mol. The van der Waals surface area contributed by atoms with Gasteiger partial charge in [0, 0.05) is 12.2 Å². The SMILES string of the molecule is CCn1c(S[C@@H](C)C(=O)Nc2ccc3ccccc3c2)nnc1-c1ccoc1C. The molecule has 2 aromatic heterocycles. The van der Waals surface area contributed by atoms with Gasteiger partial charge in [0.15, 0.2) is 11.0 Å². The number of aryl methyl sites for hydroxylation is 1. The van der Waals surface area contributed by atoms with Gasteiger partial charge in [-0.15, -0.1) is 10.2 Å². The molecule has 0 aliphatic rings. The summed E-state index contributed by atoms with van der Waals surface area (Å²) in [6.07, 6.45) is 1.64. The van der Waals surface area contributed by atoms with Gasteiger partial charge in [-0.3, -0.25) is 4.79 Å². The number of carbonyl (C=O) groups is 1. The minimum Gasteiger partial charge on any atom is -0.469 e. The number of furan rings is 1. The van der Waals surface area contributed by atoms with E-state index in [4.69, 9.17) is 4.42 Å². The summed E-state index contributed by atoms with van der Waals surface area (Å²) in [5.74, 6) is 1.48. The lowest BCUT2D eigenvalue weighted by Crippen LogP contribution is -2.23. The van der Waals surface area contributed by atoms with Crippen molar-refractivity contribution in [3.8, 4) is 11.4 Å². The van der Waals surface area contributed by atoms with E-state index in [9.17, 15) is 4.79 Å². The van der Waals surface area contributed by atoms with Gasteiger partial charge in [0.05, 0.1) is 17.1 Å². The van der Waals surface area contributed by atoms with E-state index in [1.807, 2.05) is 67.8 Å². The van der Waals surface area contributed by atoms with Crippen LogP contribution in [-0.2, 0) is 11.3 Å². The van der Waals surface area contributed by atoms with Gasteiger partial charge in [-0.1, -0.05) is 42.1 Å². The summed E-state index contributed by atoms with van der Waals surface area (Å²) in [7, 11) is 0. The fourth-order valence-electron chi connectivity index (χ4n) is 3.20. The molecule has 0 unspecified atom stereocenters. The Balaban J connectivity index is 1.50. The molecule has 4 rings (SSSR count). The normalized spacial score (nSPS) is 12.2. The first kappa shape index (κ1) is 19.3. The fraction of sp³-hybridized carbons (Fsp3) is 0.227. The Bertz CT molecular complexity index is 1160. The number of thioether (sulfide) groups is 1. The second-order valence-corrected chi connectivity index (χ2v) is 8.06. The minimum absolute atomic E-state index is 0.0722. The van der Waals surface area contributed by atoms with E-state index in [0.717, 1.165) is 33.6 Å². The number of benzene rings is 2. The molecule has 0 bridgehead atoms. The molecule has 0 aliphatic carbocycles. The minimum atomic E-state index is -0.325. The Morgan fingerprint density at radius 2 is 1.97 bits per heavy atom. The van der Waals surface area contributed by atoms with Crippen LogP contribution in [0.2, 0.25) is 0 Å². The second-order valence-electron chi connectivity index (χ2n) is 6.75. The zero-order chi connectivity index (χ0) is 20.4. The third-order valence-electron chi connectivity index (χ3n) is 4.80. The summed E-state index contributed by atoms with van der Waals surface area (Å²) in [4.78, 5) is 12.7. The predicted octanol–water partition coefficient (Wildman–Crippen LogP) is 5.14. The standard InChI is InChI=1S/C22H22N4O2S/c1-4-26-20(19-11-12-28-14(19)2)24-25-22(26)29-15(3)21(27)23-18-10-9-16-7-5-6-8-17(16)13-18/h5-13,15H,4H2,1-3H3,(H,23,27)/t15-/m0/s1. The maximum atomic E-state index is 12.7. The van der Waals surface area contributed by atoms with Gasteiger partial charge in [-0.05, 0) is 49.7 Å². The Hall–Kier alpha value is -3.06. The van der Waals surface area contributed by atoms with Crippen LogP contribution in [0.25, 0.3) is 22.2 Å². The molecular formula is C22H22N4O2S. The molecule has 29 heavy (non-hydrogen) atoms. The highest BCUT2D eigenvalue weighted by Gasteiger charge is 2.21. The number of carbonyl (C=O) groups excluding carboxylic acids is 1. The summed E-state index contributed by atoms with van der Waals surface area (Å²) in [6, 6.07) is 15.9. The molecule has 0 radical (unpaired) electrons. The van der Waals surface area contributed by atoms with Crippen LogP contribution >= 0.6 is 11.8 Å². The molecule has 6 nitrogen and oxygen atoms in total. The Morgan fingerprint density at radius 3 is 2.69 bits per heavy atom. The first-order valence-electron chi connectivity index (χ1n) is 9.50. The van der Waals surface area contributed by atoms with Crippen molar-refractivity contribution >= 4 is 34.1 Å². The van der Waals surface area contributed by atoms with Gasteiger partial charge >= 0.3 is 0 Å². The maximum Gasteiger partial charge on any atom is 0.237 e. The first-order valence-corrected chi connectivity index (χ1v) is 10.4. The number of rotatable bonds is 6. The smallest absolute Gasteiger partial charge is 0.237 e.